The van der Waals surface area contributed by atoms with Gasteiger partial charge in [0.2, 0.25) is 5.91 Å². The first-order valence-corrected chi connectivity index (χ1v) is 9.91. The number of piperidine rings is 1. The van der Waals surface area contributed by atoms with Gasteiger partial charge in [-0.25, -0.2) is 0 Å². The second kappa shape index (κ2) is 8.36. The molecule has 0 saturated carbocycles. The minimum absolute atomic E-state index is 0.225. The van der Waals surface area contributed by atoms with Crippen LogP contribution in [0.3, 0.4) is 0 Å². The molecular formula is C20H25N3O2S. The molecular weight excluding hydrogens is 346 g/mol. The molecule has 1 aliphatic heterocycles. The van der Waals surface area contributed by atoms with E-state index in [1.54, 1.807) is 13.0 Å². The maximum Gasteiger partial charge on any atom is 0.261 e. The Balaban J connectivity index is 1.53. The normalized spacial score (nSPS) is 16.2. The maximum atomic E-state index is 12.3. The van der Waals surface area contributed by atoms with Gasteiger partial charge in [0.15, 0.2) is 0 Å². The minimum Gasteiger partial charge on any atom is -0.372 e. The van der Waals surface area contributed by atoms with Gasteiger partial charge in [-0.2, -0.15) is 0 Å². The standard InChI is InChI=1S/C20H25N3O2S/c1-14-9-11-23(12-10-14)17-7-5-16(6-8-17)22-19(24)15(2)21-20(25)18-4-3-13-26-18/h3-8,13-15H,9-12H2,1-2H3,(H,21,25)(H,22,24)/t15-/m0/s1. The molecule has 3 rings (SSSR count). The molecule has 0 radical (unpaired) electrons. The van der Waals surface area contributed by atoms with Gasteiger partial charge in [0.25, 0.3) is 5.91 Å². The summed E-state index contributed by atoms with van der Waals surface area (Å²) in [6, 6.07) is 10.9. The lowest BCUT2D eigenvalue weighted by Crippen LogP contribution is -2.41. The molecule has 2 aromatic rings. The summed E-state index contributed by atoms with van der Waals surface area (Å²) in [7, 11) is 0. The molecule has 2 heterocycles. The van der Waals surface area contributed by atoms with Crippen LogP contribution in [0.4, 0.5) is 11.4 Å². The highest BCUT2D eigenvalue weighted by molar-refractivity contribution is 7.12. The zero-order chi connectivity index (χ0) is 18.5. The summed E-state index contributed by atoms with van der Waals surface area (Å²) in [5.74, 6) is 0.350. The predicted molar refractivity (Wildman–Crippen MR) is 107 cm³/mol. The zero-order valence-corrected chi connectivity index (χ0v) is 16.0. The molecule has 5 nitrogen and oxygen atoms in total. The van der Waals surface area contributed by atoms with Crippen molar-refractivity contribution in [2.45, 2.75) is 32.7 Å². The lowest BCUT2D eigenvalue weighted by atomic mass is 9.99. The van der Waals surface area contributed by atoms with E-state index in [-0.39, 0.29) is 11.8 Å². The van der Waals surface area contributed by atoms with E-state index in [4.69, 9.17) is 0 Å². The molecule has 0 unspecified atom stereocenters. The van der Waals surface area contributed by atoms with Gasteiger partial charge in [-0.05, 0) is 61.4 Å². The Morgan fingerprint density at radius 1 is 1.15 bits per heavy atom. The number of carbonyl (C=O) groups is 2. The first-order chi connectivity index (χ1) is 12.5. The molecule has 0 spiro atoms. The Bertz CT molecular complexity index is 735. The molecule has 6 heteroatoms. The number of thiophene rings is 1. The van der Waals surface area contributed by atoms with Gasteiger partial charge in [-0.1, -0.05) is 13.0 Å². The van der Waals surface area contributed by atoms with Crippen LogP contribution in [0.15, 0.2) is 41.8 Å². The number of benzene rings is 1. The molecule has 26 heavy (non-hydrogen) atoms. The molecule has 1 aromatic carbocycles. The third-order valence-electron chi connectivity index (χ3n) is 4.77. The van der Waals surface area contributed by atoms with E-state index in [0.29, 0.717) is 4.88 Å². The third kappa shape index (κ3) is 4.64. The highest BCUT2D eigenvalue weighted by atomic mass is 32.1. The number of hydrogen-bond donors (Lipinski definition) is 2. The summed E-state index contributed by atoms with van der Waals surface area (Å²) in [5, 5.41) is 7.42. The van der Waals surface area contributed by atoms with E-state index in [2.05, 4.69) is 22.5 Å². The van der Waals surface area contributed by atoms with Crippen LogP contribution in [0.5, 0.6) is 0 Å². The molecule has 2 N–H and O–H groups in total. The van der Waals surface area contributed by atoms with Crippen molar-refractivity contribution >= 4 is 34.5 Å². The Labute approximate surface area is 158 Å². The van der Waals surface area contributed by atoms with Crippen molar-refractivity contribution in [2.24, 2.45) is 5.92 Å². The lowest BCUT2D eigenvalue weighted by molar-refractivity contribution is -0.117. The van der Waals surface area contributed by atoms with Gasteiger partial charge in [0, 0.05) is 24.5 Å². The van der Waals surface area contributed by atoms with E-state index in [0.717, 1.165) is 24.7 Å². The third-order valence-corrected chi connectivity index (χ3v) is 5.64. The van der Waals surface area contributed by atoms with Crippen molar-refractivity contribution in [1.29, 1.82) is 0 Å². The average Bonchev–Trinajstić information content (AvgIpc) is 3.18. The molecule has 1 fully saturated rings. The van der Waals surface area contributed by atoms with Crippen LogP contribution < -0.4 is 15.5 Å². The van der Waals surface area contributed by atoms with Gasteiger partial charge < -0.3 is 15.5 Å². The molecule has 1 atom stereocenters. The minimum atomic E-state index is -0.604. The lowest BCUT2D eigenvalue weighted by Gasteiger charge is -2.32. The van der Waals surface area contributed by atoms with E-state index in [9.17, 15) is 9.59 Å². The Kier molecular flexibility index (Phi) is 5.93. The molecule has 0 bridgehead atoms. The quantitative estimate of drug-likeness (QED) is 0.842. The number of anilines is 2. The van der Waals surface area contributed by atoms with Crippen molar-refractivity contribution in [3.05, 3.63) is 46.7 Å². The summed E-state index contributed by atoms with van der Waals surface area (Å²) in [6.45, 7) is 6.15. The van der Waals surface area contributed by atoms with Crippen LogP contribution >= 0.6 is 11.3 Å². The fourth-order valence-electron chi connectivity index (χ4n) is 3.01. The number of hydrogen-bond acceptors (Lipinski definition) is 4. The number of amides is 2. The van der Waals surface area contributed by atoms with Crippen molar-refractivity contribution in [3.8, 4) is 0 Å². The van der Waals surface area contributed by atoms with Crippen LogP contribution in [0.25, 0.3) is 0 Å². The predicted octanol–water partition coefficient (Wildman–Crippen LogP) is 3.74. The molecule has 1 aromatic heterocycles. The summed E-state index contributed by atoms with van der Waals surface area (Å²) >= 11 is 1.36. The van der Waals surface area contributed by atoms with E-state index < -0.39 is 6.04 Å². The van der Waals surface area contributed by atoms with Gasteiger partial charge in [0.1, 0.15) is 6.04 Å². The second-order valence-electron chi connectivity index (χ2n) is 6.88. The smallest absolute Gasteiger partial charge is 0.261 e. The molecule has 0 aliphatic carbocycles. The Morgan fingerprint density at radius 2 is 1.85 bits per heavy atom. The maximum absolute atomic E-state index is 12.3. The molecule has 138 valence electrons. The van der Waals surface area contributed by atoms with Crippen molar-refractivity contribution in [1.82, 2.24) is 5.32 Å². The summed E-state index contributed by atoms with van der Waals surface area (Å²) in [4.78, 5) is 27.3. The Morgan fingerprint density at radius 3 is 2.46 bits per heavy atom. The van der Waals surface area contributed by atoms with E-state index >= 15 is 0 Å². The zero-order valence-electron chi connectivity index (χ0n) is 15.2. The highest BCUT2D eigenvalue weighted by Crippen LogP contribution is 2.24. The molecule has 1 aliphatic rings. The fraction of sp³-hybridized carbons (Fsp3) is 0.400. The number of nitrogens with one attached hydrogen (secondary N) is 2. The van der Waals surface area contributed by atoms with Crippen molar-refractivity contribution in [2.75, 3.05) is 23.3 Å². The van der Waals surface area contributed by atoms with Gasteiger partial charge >= 0.3 is 0 Å². The van der Waals surface area contributed by atoms with Crippen LogP contribution in [0, 0.1) is 5.92 Å². The second-order valence-corrected chi connectivity index (χ2v) is 7.83. The van der Waals surface area contributed by atoms with Crippen LogP contribution in [0.2, 0.25) is 0 Å². The summed E-state index contributed by atoms with van der Waals surface area (Å²) < 4.78 is 0. The van der Waals surface area contributed by atoms with Gasteiger partial charge in [-0.3, -0.25) is 9.59 Å². The van der Waals surface area contributed by atoms with E-state index in [1.165, 1.54) is 29.9 Å². The largest absolute Gasteiger partial charge is 0.372 e. The number of rotatable bonds is 5. The molecule has 1 saturated heterocycles. The highest BCUT2D eigenvalue weighted by Gasteiger charge is 2.18. The van der Waals surface area contributed by atoms with Gasteiger partial charge in [0.05, 0.1) is 4.88 Å². The monoisotopic (exact) mass is 371 g/mol. The topological polar surface area (TPSA) is 61.4 Å². The summed E-state index contributed by atoms with van der Waals surface area (Å²) in [5.41, 5.74) is 1.93. The SMILES string of the molecule is CC1CCN(c2ccc(NC(=O)[C@H](C)NC(=O)c3cccs3)cc2)CC1. The van der Waals surface area contributed by atoms with E-state index in [1.807, 2.05) is 35.7 Å². The fourth-order valence-corrected chi connectivity index (χ4v) is 3.64. The summed E-state index contributed by atoms with van der Waals surface area (Å²) in [6.07, 6.45) is 2.44. The first-order valence-electron chi connectivity index (χ1n) is 9.03. The van der Waals surface area contributed by atoms with Crippen LogP contribution in [-0.4, -0.2) is 30.9 Å². The number of nitrogens with zero attached hydrogens (tertiary/aromatic N) is 1. The van der Waals surface area contributed by atoms with Crippen molar-refractivity contribution < 1.29 is 9.59 Å². The van der Waals surface area contributed by atoms with Crippen LogP contribution in [0.1, 0.15) is 36.4 Å². The molecule has 2 amide bonds. The van der Waals surface area contributed by atoms with Crippen LogP contribution in [-0.2, 0) is 4.79 Å². The Hall–Kier alpha value is -2.34. The number of carbonyl (C=O) groups excluding carboxylic acids is 2. The van der Waals surface area contributed by atoms with Crippen molar-refractivity contribution in [3.63, 3.8) is 0 Å². The first kappa shape index (κ1) is 18.5. The average molecular weight is 372 g/mol. The van der Waals surface area contributed by atoms with Gasteiger partial charge in [-0.15, -0.1) is 11.3 Å².